The predicted octanol–water partition coefficient (Wildman–Crippen LogP) is 6.17. The Bertz CT molecular complexity index is 1020. The summed E-state index contributed by atoms with van der Waals surface area (Å²) in [5.41, 5.74) is 3.54. The Morgan fingerprint density at radius 1 is 1.09 bits per heavy atom. The Hall–Kier alpha value is -2.82. The summed E-state index contributed by atoms with van der Waals surface area (Å²) in [6, 6.07) is 16.4. The number of hydrogen-bond donors (Lipinski definition) is 1. The van der Waals surface area contributed by atoms with Crippen LogP contribution in [-0.4, -0.2) is 22.1 Å². The van der Waals surface area contributed by atoms with Crippen LogP contribution in [-0.2, 0) is 16.8 Å². The second-order valence-electron chi connectivity index (χ2n) is 9.48. The van der Waals surface area contributed by atoms with E-state index >= 15 is 0 Å². The van der Waals surface area contributed by atoms with Crippen molar-refractivity contribution >= 4 is 16.9 Å². The number of carbonyl (C=O) groups excluding carboxylic acids is 1. The van der Waals surface area contributed by atoms with Gasteiger partial charge in [0.25, 0.3) is 0 Å². The van der Waals surface area contributed by atoms with E-state index in [0.717, 1.165) is 48.4 Å². The van der Waals surface area contributed by atoms with Gasteiger partial charge in [-0.3, -0.25) is 4.79 Å². The van der Waals surface area contributed by atoms with Crippen LogP contribution >= 0.6 is 0 Å². The molecular weight excluding hydrogens is 398 g/mol. The summed E-state index contributed by atoms with van der Waals surface area (Å²) in [5, 5.41) is 3.09. The molecule has 1 N–H and O–H groups in total. The van der Waals surface area contributed by atoms with Gasteiger partial charge in [-0.2, -0.15) is 0 Å². The van der Waals surface area contributed by atoms with E-state index in [1.165, 1.54) is 5.56 Å². The van der Waals surface area contributed by atoms with E-state index in [4.69, 9.17) is 9.72 Å². The number of fused-ring (bicyclic) bond motifs is 1. The van der Waals surface area contributed by atoms with Crippen LogP contribution in [0, 0.1) is 0 Å². The summed E-state index contributed by atoms with van der Waals surface area (Å²) >= 11 is 0. The van der Waals surface area contributed by atoms with Crippen LogP contribution in [0.15, 0.2) is 48.5 Å². The monoisotopic (exact) mass is 435 g/mol. The number of amides is 1. The van der Waals surface area contributed by atoms with Gasteiger partial charge in [0.05, 0.1) is 23.7 Å². The number of imidazole rings is 1. The quantitative estimate of drug-likeness (QED) is 0.387. The van der Waals surface area contributed by atoms with E-state index < -0.39 is 0 Å². The van der Waals surface area contributed by atoms with Crippen molar-refractivity contribution in [2.45, 2.75) is 78.3 Å². The average Bonchev–Trinajstić information content (AvgIpc) is 3.12. The zero-order chi connectivity index (χ0) is 23.1. The Kier molecular flexibility index (Phi) is 7.94. The first-order chi connectivity index (χ1) is 15.3. The van der Waals surface area contributed by atoms with E-state index in [-0.39, 0.29) is 17.4 Å². The number of hydrogen-bond acceptors (Lipinski definition) is 3. The zero-order valence-corrected chi connectivity index (χ0v) is 20.1. The molecule has 172 valence electrons. The minimum Gasteiger partial charge on any atom is -0.494 e. The lowest BCUT2D eigenvalue weighted by atomic mass is 9.87. The lowest BCUT2D eigenvalue weighted by molar-refractivity contribution is -0.121. The standard InChI is InChI=1S/C27H37N3O2/c1-6-11-25(31)28-20(2)26-29-23-12-7-8-13-24(23)30(26)18-9-10-19-32-22-16-14-21(15-17-22)27(3,4)5/h7-8,12-17,20H,6,9-11,18-19H2,1-5H3,(H,28,31). The first-order valence-corrected chi connectivity index (χ1v) is 11.8. The van der Waals surface area contributed by atoms with Gasteiger partial charge in [-0.15, -0.1) is 0 Å². The zero-order valence-electron chi connectivity index (χ0n) is 20.1. The number of aryl methyl sites for hydroxylation is 1. The smallest absolute Gasteiger partial charge is 0.220 e. The van der Waals surface area contributed by atoms with Crippen molar-refractivity contribution in [2.75, 3.05) is 6.61 Å². The topological polar surface area (TPSA) is 56.2 Å². The molecule has 1 atom stereocenters. The van der Waals surface area contributed by atoms with Gasteiger partial charge in [0.1, 0.15) is 11.6 Å². The van der Waals surface area contributed by atoms with Gasteiger partial charge in [-0.1, -0.05) is 52.0 Å². The summed E-state index contributed by atoms with van der Waals surface area (Å²) in [4.78, 5) is 16.9. The van der Waals surface area contributed by atoms with Crippen LogP contribution in [0.3, 0.4) is 0 Å². The van der Waals surface area contributed by atoms with Gasteiger partial charge >= 0.3 is 0 Å². The Labute approximate surface area is 192 Å². The molecule has 3 rings (SSSR count). The van der Waals surface area contributed by atoms with Crippen molar-refractivity contribution in [3.05, 3.63) is 59.9 Å². The van der Waals surface area contributed by atoms with E-state index in [2.05, 4.69) is 61.0 Å². The molecule has 0 saturated heterocycles. The molecule has 0 saturated carbocycles. The molecule has 0 fully saturated rings. The van der Waals surface area contributed by atoms with Crippen molar-refractivity contribution in [1.29, 1.82) is 0 Å². The molecule has 0 bridgehead atoms. The Morgan fingerprint density at radius 2 is 1.81 bits per heavy atom. The minimum atomic E-state index is -0.126. The number of nitrogens with one attached hydrogen (secondary N) is 1. The summed E-state index contributed by atoms with van der Waals surface area (Å²) < 4.78 is 8.20. The largest absolute Gasteiger partial charge is 0.494 e. The maximum absolute atomic E-state index is 12.1. The highest BCUT2D eigenvalue weighted by Crippen LogP contribution is 2.25. The number of para-hydroxylation sites is 2. The molecule has 0 aliphatic rings. The third kappa shape index (κ3) is 6.12. The summed E-state index contributed by atoms with van der Waals surface area (Å²) in [5.74, 6) is 1.90. The average molecular weight is 436 g/mol. The highest BCUT2D eigenvalue weighted by molar-refractivity contribution is 5.78. The van der Waals surface area contributed by atoms with Gasteiger partial charge in [-0.25, -0.2) is 4.98 Å². The van der Waals surface area contributed by atoms with E-state index in [1.807, 2.05) is 32.0 Å². The molecule has 0 spiro atoms. The number of ether oxygens (including phenoxy) is 1. The summed E-state index contributed by atoms with van der Waals surface area (Å²) in [6.07, 6.45) is 3.30. The molecule has 0 aliphatic heterocycles. The van der Waals surface area contributed by atoms with Gasteiger partial charge in [0.15, 0.2) is 0 Å². The third-order valence-electron chi connectivity index (χ3n) is 5.69. The number of benzene rings is 2. The van der Waals surface area contributed by atoms with Crippen molar-refractivity contribution in [3.63, 3.8) is 0 Å². The molecule has 5 nitrogen and oxygen atoms in total. The van der Waals surface area contributed by atoms with Crippen molar-refractivity contribution in [1.82, 2.24) is 14.9 Å². The lowest BCUT2D eigenvalue weighted by Crippen LogP contribution is -2.28. The van der Waals surface area contributed by atoms with Crippen molar-refractivity contribution in [2.24, 2.45) is 0 Å². The van der Waals surface area contributed by atoms with Crippen LogP contribution in [0.5, 0.6) is 5.75 Å². The highest BCUT2D eigenvalue weighted by Gasteiger charge is 2.18. The molecule has 1 unspecified atom stereocenters. The second-order valence-corrected chi connectivity index (χ2v) is 9.48. The van der Waals surface area contributed by atoms with Gasteiger partial charge in [0.2, 0.25) is 5.91 Å². The van der Waals surface area contributed by atoms with Crippen LogP contribution in [0.4, 0.5) is 0 Å². The summed E-state index contributed by atoms with van der Waals surface area (Å²) in [6.45, 7) is 12.2. The lowest BCUT2D eigenvalue weighted by Gasteiger charge is -2.19. The van der Waals surface area contributed by atoms with Crippen molar-refractivity contribution in [3.8, 4) is 5.75 Å². The predicted molar refractivity (Wildman–Crippen MR) is 131 cm³/mol. The number of aromatic nitrogens is 2. The molecule has 1 aromatic heterocycles. The summed E-state index contributed by atoms with van der Waals surface area (Å²) in [7, 11) is 0. The van der Waals surface area contributed by atoms with Crippen LogP contribution < -0.4 is 10.1 Å². The first-order valence-electron chi connectivity index (χ1n) is 11.8. The molecule has 3 aromatic rings. The number of rotatable bonds is 10. The second kappa shape index (κ2) is 10.7. The highest BCUT2D eigenvalue weighted by atomic mass is 16.5. The molecular formula is C27H37N3O2. The molecule has 5 heteroatoms. The number of unbranched alkanes of at least 4 members (excludes halogenated alkanes) is 1. The van der Waals surface area contributed by atoms with Crippen LogP contribution in [0.1, 0.15) is 77.7 Å². The van der Waals surface area contributed by atoms with Gasteiger partial charge < -0.3 is 14.6 Å². The molecule has 2 aromatic carbocycles. The number of carbonyl (C=O) groups is 1. The van der Waals surface area contributed by atoms with Crippen molar-refractivity contribution < 1.29 is 9.53 Å². The van der Waals surface area contributed by atoms with Gasteiger partial charge in [-0.05, 0) is 61.4 Å². The first kappa shape index (κ1) is 23.8. The van der Waals surface area contributed by atoms with Gasteiger partial charge in [0, 0.05) is 13.0 Å². The van der Waals surface area contributed by atoms with Crippen LogP contribution in [0.2, 0.25) is 0 Å². The Morgan fingerprint density at radius 3 is 2.50 bits per heavy atom. The SMILES string of the molecule is CCCC(=O)NC(C)c1nc2ccccc2n1CCCCOc1ccc(C(C)(C)C)cc1. The normalized spacial score (nSPS) is 12.7. The van der Waals surface area contributed by atoms with E-state index in [1.54, 1.807) is 0 Å². The van der Waals surface area contributed by atoms with E-state index in [9.17, 15) is 4.79 Å². The fourth-order valence-electron chi connectivity index (χ4n) is 3.88. The molecule has 0 radical (unpaired) electrons. The maximum Gasteiger partial charge on any atom is 0.220 e. The maximum atomic E-state index is 12.1. The molecule has 1 amide bonds. The molecule has 0 aliphatic carbocycles. The fraction of sp³-hybridized carbons (Fsp3) is 0.481. The fourth-order valence-corrected chi connectivity index (χ4v) is 3.88. The third-order valence-corrected chi connectivity index (χ3v) is 5.69. The molecule has 1 heterocycles. The van der Waals surface area contributed by atoms with E-state index in [0.29, 0.717) is 13.0 Å². The minimum absolute atomic E-state index is 0.0736. The van der Waals surface area contributed by atoms with Crippen LogP contribution in [0.25, 0.3) is 11.0 Å². The number of nitrogens with zero attached hydrogens (tertiary/aromatic N) is 2. The Balaban J connectivity index is 1.59. The molecule has 32 heavy (non-hydrogen) atoms.